The third-order valence-electron chi connectivity index (χ3n) is 12.0. The standard InChI is InChI=1S/C37H45BF3N7O5/c1-6-28(38-52-29-23-15-22(34(23,2)3)16-36(29,5)53-38)46-30(49)27-17-35(4,47-33(51)45-25-13-8-7-12-24(25)42)32-44-19-26(31(50)48(27)32)43-18-20-10-9-11-21(14-20)37(39,40)41/h7-14,19,22-23,27-29,43H,6,15-18,42H2,1-5H3,(H,46,49)(H2,45,47,51)/t22?,23?,27-,28-,29+,35+,36-/m0/s1. The van der Waals surface area contributed by atoms with Gasteiger partial charge >= 0.3 is 19.3 Å². The molecule has 4 fully saturated rings. The molecule has 1 aromatic heterocycles. The molecule has 282 valence electrons. The molecule has 2 aromatic carbocycles. The van der Waals surface area contributed by atoms with E-state index in [2.05, 4.69) is 47.0 Å². The Hall–Kier alpha value is -4.57. The number of anilines is 3. The Balaban J connectivity index is 1.15. The molecule has 2 unspecified atom stereocenters. The molecular formula is C37H45BF3N7O5. The van der Waals surface area contributed by atoms with E-state index in [9.17, 15) is 27.6 Å². The first-order chi connectivity index (χ1) is 24.9. The second-order valence-electron chi connectivity index (χ2n) is 15.9. The van der Waals surface area contributed by atoms with Gasteiger partial charge in [-0.3, -0.25) is 14.2 Å². The van der Waals surface area contributed by atoms with Gasteiger partial charge in [0.25, 0.3) is 5.56 Å². The fraction of sp³-hybridized carbons (Fsp3) is 0.514. The van der Waals surface area contributed by atoms with Gasteiger partial charge in [0.05, 0.1) is 46.3 Å². The number of hydrogen-bond donors (Lipinski definition) is 5. The molecule has 0 radical (unpaired) electrons. The minimum Gasteiger partial charge on any atom is -0.404 e. The average molecular weight is 736 g/mol. The SMILES string of the molecule is CC[C@H](NC(=O)[C@@H]1C[C@@](C)(NC(=O)Nc2ccccc2N)c2ncc(NCc3cccc(C(F)(F)F)c3)c(=O)n21)B1O[C@@H]2C3CC(C[C@]2(C)O1)C3(C)C. The maximum Gasteiger partial charge on any atom is 0.481 e. The number of para-hydroxylation sites is 2. The third-order valence-corrected chi connectivity index (χ3v) is 12.0. The molecule has 2 aliphatic heterocycles. The van der Waals surface area contributed by atoms with Gasteiger partial charge in [-0.2, -0.15) is 13.2 Å². The Morgan fingerprint density at radius 1 is 1.09 bits per heavy atom. The minimum atomic E-state index is -4.53. The summed E-state index contributed by atoms with van der Waals surface area (Å²) in [5.74, 6) is -0.0136. The summed E-state index contributed by atoms with van der Waals surface area (Å²) >= 11 is 0. The highest BCUT2D eigenvalue weighted by atomic mass is 19.4. The molecule has 1 saturated heterocycles. The number of benzene rings is 2. The van der Waals surface area contributed by atoms with E-state index in [1.807, 2.05) is 6.92 Å². The Labute approximate surface area is 305 Å². The van der Waals surface area contributed by atoms with Gasteiger partial charge in [0, 0.05) is 13.0 Å². The van der Waals surface area contributed by atoms with E-state index in [4.69, 9.17) is 15.0 Å². The molecule has 3 saturated carbocycles. The number of nitrogens with two attached hydrogens (primary N) is 1. The zero-order chi connectivity index (χ0) is 38.1. The summed E-state index contributed by atoms with van der Waals surface area (Å²) in [5, 5.41) is 11.6. The van der Waals surface area contributed by atoms with Crippen LogP contribution in [0.4, 0.5) is 35.0 Å². The van der Waals surface area contributed by atoms with Gasteiger partial charge in [0.2, 0.25) is 5.91 Å². The monoisotopic (exact) mass is 735 g/mol. The van der Waals surface area contributed by atoms with Crippen LogP contribution in [0.15, 0.2) is 59.5 Å². The first-order valence-electron chi connectivity index (χ1n) is 18.0. The molecule has 12 nitrogen and oxygen atoms in total. The van der Waals surface area contributed by atoms with Crippen LogP contribution >= 0.6 is 0 Å². The van der Waals surface area contributed by atoms with Crippen molar-refractivity contribution in [3.05, 3.63) is 82.0 Å². The second kappa shape index (κ2) is 13.1. The van der Waals surface area contributed by atoms with Crippen LogP contribution in [0.1, 0.15) is 83.3 Å². The van der Waals surface area contributed by atoms with Crippen molar-refractivity contribution in [2.24, 2.45) is 17.3 Å². The molecule has 0 spiro atoms. The normalized spacial score (nSPS) is 28.6. The molecule has 3 amide bonds. The number of urea groups is 1. The van der Waals surface area contributed by atoms with E-state index in [1.54, 1.807) is 31.2 Å². The van der Waals surface area contributed by atoms with Crippen molar-refractivity contribution in [2.45, 2.75) is 102 Å². The molecule has 3 heterocycles. The van der Waals surface area contributed by atoms with Crippen LogP contribution < -0.4 is 32.6 Å². The summed E-state index contributed by atoms with van der Waals surface area (Å²) in [6.07, 6.45) is -0.960. The second-order valence-corrected chi connectivity index (χ2v) is 15.9. The number of halogens is 3. The Morgan fingerprint density at radius 2 is 1.85 bits per heavy atom. The molecule has 53 heavy (non-hydrogen) atoms. The van der Waals surface area contributed by atoms with E-state index < -0.39 is 59.5 Å². The van der Waals surface area contributed by atoms with Crippen molar-refractivity contribution >= 4 is 36.1 Å². The zero-order valence-corrected chi connectivity index (χ0v) is 30.3. The summed E-state index contributed by atoms with van der Waals surface area (Å²) < 4.78 is 54.4. The highest BCUT2D eigenvalue weighted by Gasteiger charge is 2.67. The summed E-state index contributed by atoms with van der Waals surface area (Å²) in [6.45, 7) is 10.1. The molecule has 7 atom stereocenters. The van der Waals surface area contributed by atoms with Crippen LogP contribution in [0.3, 0.4) is 0 Å². The lowest BCUT2D eigenvalue weighted by atomic mass is 9.45. The first kappa shape index (κ1) is 36.8. The zero-order valence-electron chi connectivity index (χ0n) is 30.3. The van der Waals surface area contributed by atoms with Crippen molar-refractivity contribution in [1.82, 2.24) is 20.2 Å². The third kappa shape index (κ3) is 6.53. The lowest BCUT2D eigenvalue weighted by Gasteiger charge is -2.63. The lowest BCUT2D eigenvalue weighted by molar-refractivity contribution is -0.185. The van der Waals surface area contributed by atoms with E-state index in [0.717, 1.165) is 25.0 Å². The number of nitrogen functional groups attached to an aromatic ring is 1. The van der Waals surface area contributed by atoms with Gasteiger partial charge in [0.15, 0.2) is 0 Å². The van der Waals surface area contributed by atoms with Gasteiger partial charge in [-0.05, 0) is 80.2 Å². The number of nitrogens with one attached hydrogen (secondary N) is 4. The van der Waals surface area contributed by atoms with Gasteiger partial charge in [-0.25, -0.2) is 9.78 Å². The molecule has 8 rings (SSSR count). The Morgan fingerprint density at radius 3 is 2.55 bits per heavy atom. The highest BCUT2D eigenvalue weighted by Crippen LogP contribution is 2.64. The number of hydrogen-bond acceptors (Lipinski definition) is 8. The summed E-state index contributed by atoms with van der Waals surface area (Å²) in [6, 6.07) is 9.75. The summed E-state index contributed by atoms with van der Waals surface area (Å²) in [5.41, 5.74) is 3.96. The van der Waals surface area contributed by atoms with Crippen molar-refractivity contribution in [3.63, 3.8) is 0 Å². The molecule has 5 aliphatic rings. The van der Waals surface area contributed by atoms with E-state index >= 15 is 0 Å². The Kier molecular flexibility index (Phi) is 9.08. The smallest absolute Gasteiger partial charge is 0.404 e. The number of fused-ring (bicyclic) bond motifs is 1. The van der Waals surface area contributed by atoms with Crippen LogP contribution in [0.5, 0.6) is 0 Å². The van der Waals surface area contributed by atoms with Gasteiger partial charge in [0.1, 0.15) is 17.6 Å². The fourth-order valence-electron chi connectivity index (χ4n) is 8.80. The van der Waals surface area contributed by atoms with Crippen LogP contribution in [0.25, 0.3) is 0 Å². The Bertz CT molecular complexity index is 1990. The summed E-state index contributed by atoms with van der Waals surface area (Å²) in [4.78, 5) is 46.3. The largest absolute Gasteiger partial charge is 0.481 e. The van der Waals surface area contributed by atoms with E-state index in [-0.39, 0.29) is 36.0 Å². The van der Waals surface area contributed by atoms with Crippen LogP contribution in [0, 0.1) is 17.3 Å². The number of nitrogens with zero attached hydrogens (tertiary/aromatic N) is 2. The maximum absolute atomic E-state index is 14.3. The first-order valence-corrected chi connectivity index (χ1v) is 18.0. The van der Waals surface area contributed by atoms with Gasteiger partial charge in [-0.1, -0.05) is 45.0 Å². The number of rotatable bonds is 9. The lowest BCUT2D eigenvalue weighted by Crippen LogP contribution is -2.63. The number of carbonyl (C=O) groups is 2. The molecule has 16 heteroatoms. The fourth-order valence-corrected chi connectivity index (χ4v) is 8.80. The average Bonchev–Trinajstić information content (AvgIpc) is 3.61. The van der Waals surface area contributed by atoms with Crippen molar-refractivity contribution in [3.8, 4) is 0 Å². The number of carbonyl (C=O) groups excluding carboxylic acids is 2. The van der Waals surface area contributed by atoms with E-state index in [0.29, 0.717) is 35.2 Å². The highest BCUT2D eigenvalue weighted by molar-refractivity contribution is 6.47. The van der Waals surface area contributed by atoms with Crippen LogP contribution in [-0.2, 0) is 32.4 Å². The number of alkyl halides is 3. The molecular weight excluding hydrogens is 690 g/mol. The quantitative estimate of drug-likeness (QED) is 0.140. The van der Waals surface area contributed by atoms with Gasteiger partial charge < -0.3 is 36.3 Å². The topological polar surface area (TPSA) is 162 Å². The van der Waals surface area contributed by atoms with Crippen molar-refractivity contribution in [1.29, 1.82) is 0 Å². The number of amides is 3. The van der Waals surface area contributed by atoms with Crippen LogP contribution in [-0.4, -0.2) is 46.3 Å². The molecule has 6 N–H and O–H groups in total. The number of aromatic nitrogens is 2. The minimum absolute atomic E-state index is 0.0252. The predicted molar refractivity (Wildman–Crippen MR) is 194 cm³/mol. The predicted octanol–water partition coefficient (Wildman–Crippen LogP) is 5.60. The van der Waals surface area contributed by atoms with Crippen molar-refractivity contribution in [2.75, 3.05) is 16.4 Å². The van der Waals surface area contributed by atoms with Crippen molar-refractivity contribution < 1.29 is 32.1 Å². The maximum atomic E-state index is 14.3. The van der Waals surface area contributed by atoms with Gasteiger partial charge in [-0.15, -0.1) is 0 Å². The molecule has 3 aliphatic carbocycles. The summed E-state index contributed by atoms with van der Waals surface area (Å²) in [7, 11) is -0.697. The van der Waals surface area contributed by atoms with Crippen LogP contribution in [0.2, 0.25) is 0 Å². The van der Waals surface area contributed by atoms with E-state index in [1.165, 1.54) is 22.9 Å². The molecule has 2 bridgehead atoms. The molecule has 3 aromatic rings.